The third kappa shape index (κ3) is 1.68. The Hall–Kier alpha value is -2.35. The van der Waals surface area contributed by atoms with Gasteiger partial charge < -0.3 is 4.40 Å². The van der Waals surface area contributed by atoms with Crippen molar-refractivity contribution in [3.05, 3.63) is 72.1 Å². The van der Waals surface area contributed by atoms with E-state index in [0.29, 0.717) is 0 Å². The molecule has 1 aromatic carbocycles. The standard InChI is InChI=1S/C17H14N2/c1-2-4-6-17-18-16-10-8-13-7-9-14(13)15(16)12-19(17)11-5-3-1/h1-6,8,10-12H,7,9H2. The van der Waals surface area contributed by atoms with Crippen LogP contribution in [0.4, 0.5) is 0 Å². The zero-order valence-corrected chi connectivity index (χ0v) is 10.6. The Kier molecular flexibility index (Phi) is 2.27. The summed E-state index contributed by atoms with van der Waals surface area (Å²) in [7, 11) is 0. The van der Waals surface area contributed by atoms with Gasteiger partial charge in [0.15, 0.2) is 0 Å². The van der Waals surface area contributed by atoms with E-state index in [1.807, 2.05) is 36.4 Å². The van der Waals surface area contributed by atoms with Crippen molar-refractivity contribution in [2.24, 2.45) is 0 Å². The number of benzene rings is 1. The van der Waals surface area contributed by atoms with E-state index in [9.17, 15) is 0 Å². The normalized spacial score (nSPS) is 12.8. The lowest BCUT2D eigenvalue weighted by Crippen LogP contribution is -2.09. The molecular formula is C17H14N2. The van der Waals surface area contributed by atoms with E-state index in [1.165, 1.54) is 29.4 Å². The van der Waals surface area contributed by atoms with Crippen LogP contribution in [0.1, 0.15) is 11.1 Å². The Morgan fingerprint density at radius 2 is 1.79 bits per heavy atom. The fraction of sp³-hybridized carbons (Fsp3) is 0.118. The molecule has 2 nitrogen and oxygen atoms in total. The molecule has 0 spiro atoms. The van der Waals surface area contributed by atoms with Gasteiger partial charge in [0.2, 0.25) is 0 Å². The Morgan fingerprint density at radius 1 is 0.895 bits per heavy atom. The fourth-order valence-corrected chi connectivity index (χ4v) is 2.66. The molecule has 0 N–H and O–H groups in total. The van der Waals surface area contributed by atoms with Crippen LogP contribution >= 0.6 is 0 Å². The largest absolute Gasteiger partial charge is 0.308 e. The van der Waals surface area contributed by atoms with Crippen molar-refractivity contribution in [1.29, 1.82) is 0 Å². The average molecular weight is 246 g/mol. The summed E-state index contributed by atoms with van der Waals surface area (Å²) in [5.41, 5.74) is 5.00. The monoisotopic (exact) mass is 246 g/mol. The van der Waals surface area contributed by atoms with E-state index < -0.39 is 0 Å². The summed E-state index contributed by atoms with van der Waals surface area (Å²) >= 11 is 0. The van der Waals surface area contributed by atoms with Crippen molar-refractivity contribution >= 4 is 16.6 Å². The predicted molar refractivity (Wildman–Crippen MR) is 77.7 cm³/mol. The summed E-state index contributed by atoms with van der Waals surface area (Å²) in [5.74, 6) is 0. The van der Waals surface area contributed by atoms with E-state index in [-0.39, 0.29) is 0 Å². The molecule has 2 heteroatoms. The number of fused-ring (bicyclic) bond motifs is 4. The number of rotatable bonds is 0. The maximum atomic E-state index is 4.77. The molecule has 0 saturated heterocycles. The quantitative estimate of drug-likeness (QED) is 0.591. The van der Waals surface area contributed by atoms with Crippen LogP contribution < -0.4 is 0 Å². The van der Waals surface area contributed by atoms with Crippen LogP contribution in [0.25, 0.3) is 16.6 Å². The highest BCUT2D eigenvalue weighted by Gasteiger charge is 2.16. The summed E-state index contributed by atoms with van der Waals surface area (Å²) in [6.45, 7) is 0. The molecule has 2 heterocycles. The van der Waals surface area contributed by atoms with Crippen molar-refractivity contribution in [3.8, 4) is 0 Å². The Labute approximate surface area is 111 Å². The van der Waals surface area contributed by atoms with E-state index >= 15 is 0 Å². The van der Waals surface area contributed by atoms with Gasteiger partial charge in [0.1, 0.15) is 5.65 Å². The van der Waals surface area contributed by atoms with Gasteiger partial charge >= 0.3 is 0 Å². The first-order valence-corrected chi connectivity index (χ1v) is 6.63. The number of nitrogens with zero attached hydrogens (tertiary/aromatic N) is 2. The van der Waals surface area contributed by atoms with Crippen molar-refractivity contribution in [3.63, 3.8) is 0 Å². The molecule has 0 radical (unpaired) electrons. The third-order valence-electron chi connectivity index (χ3n) is 3.78. The Bertz CT molecular complexity index is 829. The van der Waals surface area contributed by atoms with Gasteiger partial charge in [-0.25, -0.2) is 4.98 Å². The molecule has 0 fully saturated rings. The zero-order chi connectivity index (χ0) is 12.7. The zero-order valence-electron chi connectivity index (χ0n) is 10.6. The molecule has 0 unspecified atom stereocenters. The lowest BCUT2D eigenvalue weighted by molar-refractivity contribution is 0.849. The van der Waals surface area contributed by atoms with Crippen molar-refractivity contribution in [2.75, 3.05) is 0 Å². The minimum atomic E-state index is 0.961. The maximum Gasteiger partial charge on any atom is 0.137 e. The topological polar surface area (TPSA) is 17.3 Å². The number of hydrogen-bond donors (Lipinski definition) is 0. The molecule has 4 rings (SSSR count). The molecule has 0 bridgehead atoms. The van der Waals surface area contributed by atoms with Gasteiger partial charge in [0, 0.05) is 17.8 Å². The minimum Gasteiger partial charge on any atom is -0.308 e. The number of aryl methyl sites for hydroxylation is 2. The summed E-state index contributed by atoms with van der Waals surface area (Å²) in [6.07, 6.45) is 6.65. The average Bonchev–Trinajstić information content (AvgIpc) is 2.48. The highest BCUT2D eigenvalue weighted by Crippen LogP contribution is 2.30. The molecule has 0 saturated carbocycles. The van der Waals surface area contributed by atoms with Crippen LogP contribution in [-0.2, 0) is 12.8 Å². The van der Waals surface area contributed by atoms with E-state index in [0.717, 1.165) is 11.2 Å². The van der Waals surface area contributed by atoms with Gasteiger partial charge in [-0.1, -0.05) is 30.3 Å². The van der Waals surface area contributed by atoms with Crippen LogP contribution in [-0.4, -0.2) is 9.38 Å². The van der Waals surface area contributed by atoms with Gasteiger partial charge in [-0.3, -0.25) is 0 Å². The highest BCUT2D eigenvalue weighted by atomic mass is 14.9. The van der Waals surface area contributed by atoms with Crippen LogP contribution in [0.15, 0.2) is 60.9 Å². The SMILES string of the molecule is c1cccc2nc3ccc4c(c3cn2ccc1)CC4. The molecular weight excluding hydrogens is 232 g/mol. The Balaban J connectivity index is 2.15. The van der Waals surface area contributed by atoms with Crippen molar-refractivity contribution < 1.29 is 0 Å². The lowest BCUT2D eigenvalue weighted by atomic mass is 9.86. The summed E-state index contributed by atoms with van der Waals surface area (Å²) in [5, 5.41) is 1.29. The van der Waals surface area contributed by atoms with E-state index in [1.54, 1.807) is 0 Å². The first kappa shape index (κ1) is 10.6. The predicted octanol–water partition coefficient (Wildman–Crippen LogP) is 3.71. The summed E-state index contributed by atoms with van der Waals surface area (Å²) in [4.78, 5) is 4.77. The van der Waals surface area contributed by atoms with E-state index in [2.05, 4.69) is 28.9 Å². The minimum absolute atomic E-state index is 0.961. The van der Waals surface area contributed by atoms with Crippen molar-refractivity contribution in [1.82, 2.24) is 9.38 Å². The second-order valence-corrected chi connectivity index (χ2v) is 4.92. The molecule has 0 atom stereocenters. The molecule has 1 aliphatic carbocycles. The van der Waals surface area contributed by atoms with Crippen LogP contribution in [0.3, 0.4) is 0 Å². The van der Waals surface area contributed by atoms with Gasteiger partial charge in [0.25, 0.3) is 0 Å². The molecule has 1 aliphatic rings. The Morgan fingerprint density at radius 3 is 2.68 bits per heavy atom. The van der Waals surface area contributed by atoms with Gasteiger partial charge in [-0.2, -0.15) is 0 Å². The van der Waals surface area contributed by atoms with E-state index in [4.69, 9.17) is 4.98 Å². The first-order chi connectivity index (χ1) is 9.42. The molecule has 19 heavy (non-hydrogen) atoms. The molecule has 92 valence electrons. The first-order valence-electron chi connectivity index (χ1n) is 6.63. The second-order valence-electron chi connectivity index (χ2n) is 4.92. The van der Waals surface area contributed by atoms with Crippen molar-refractivity contribution in [2.45, 2.75) is 12.8 Å². The summed E-state index contributed by atoms with van der Waals surface area (Å²) in [6, 6.07) is 16.5. The third-order valence-corrected chi connectivity index (χ3v) is 3.78. The molecule has 0 amide bonds. The number of aromatic nitrogens is 2. The lowest BCUT2D eigenvalue weighted by Gasteiger charge is -2.20. The van der Waals surface area contributed by atoms with Gasteiger partial charge in [-0.05, 0) is 42.2 Å². The maximum absolute atomic E-state index is 4.77. The smallest absolute Gasteiger partial charge is 0.137 e. The summed E-state index contributed by atoms with van der Waals surface area (Å²) < 4.78 is 2.10. The van der Waals surface area contributed by atoms with Gasteiger partial charge in [-0.15, -0.1) is 0 Å². The molecule has 0 aliphatic heterocycles. The van der Waals surface area contributed by atoms with Crippen LogP contribution in [0, 0.1) is 0 Å². The number of hydrogen-bond acceptors (Lipinski definition) is 1. The molecule has 2 aromatic heterocycles. The second kappa shape index (κ2) is 4.09. The molecule has 3 aromatic rings. The fourth-order valence-electron chi connectivity index (χ4n) is 2.66. The highest BCUT2D eigenvalue weighted by molar-refractivity contribution is 5.85. The van der Waals surface area contributed by atoms with Crippen LogP contribution in [0.2, 0.25) is 0 Å². The van der Waals surface area contributed by atoms with Crippen LogP contribution in [0.5, 0.6) is 0 Å². The van der Waals surface area contributed by atoms with Gasteiger partial charge in [0.05, 0.1) is 5.52 Å².